The number of hydrogen-bond donors (Lipinski definition) is 2. The first-order valence-electron chi connectivity index (χ1n) is 7.43. The lowest BCUT2D eigenvalue weighted by Crippen LogP contribution is -2.50. The molecular weight excluding hydrogens is 260 g/mol. The van der Waals surface area contributed by atoms with E-state index >= 15 is 0 Å². The molecule has 0 aromatic carbocycles. The first kappa shape index (κ1) is 15.1. The van der Waals surface area contributed by atoms with Crippen LogP contribution in [-0.2, 0) is 4.79 Å². The molecule has 2 aliphatic rings. The van der Waals surface area contributed by atoms with E-state index in [2.05, 4.69) is 0 Å². The summed E-state index contributed by atoms with van der Waals surface area (Å²) in [5.74, 6) is -1.28. The molecular formula is C14H24N2O4. The summed E-state index contributed by atoms with van der Waals surface area (Å²) in [5.41, 5.74) is 0. The molecule has 0 spiro atoms. The molecule has 2 fully saturated rings. The fraction of sp³-hybridized carbons (Fsp3) is 0.857. The summed E-state index contributed by atoms with van der Waals surface area (Å²) in [4.78, 5) is 27.2. The molecule has 1 saturated heterocycles. The summed E-state index contributed by atoms with van der Waals surface area (Å²) >= 11 is 0. The number of rotatable bonds is 5. The number of likely N-dealkylation sites (tertiary alicyclic amines) is 1. The molecule has 6 nitrogen and oxygen atoms in total. The number of carboxylic acid groups (broad SMARTS) is 1. The topological polar surface area (TPSA) is 81.1 Å². The molecule has 0 bridgehead atoms. The Morgan fingerprint density at radius 1 is 1.30 bits per heavy atom. The van der Waals surface area contributed by atoms with Crippen LogP contribution in [0.25, 0.3) is 0 Å². The number of aliphatic hydroxyl groups excluding tert-OH is 1. The molecule has 0 aromatic heterocycles. The van der Waals surface area contributed by atoms with Crippen molar-refractivity contribution in [2.75, 3.05) is 26.2 Å². The highest BCUT2D eigenvalue weighted by atomic mass is 16.4. The highest BCUT2D eigenvalue weighted by Gasteiger charge is 2.40. The second-order valence-corrected chi connectivity index (χ2v) is 5.96. The van der Waals surface area contributed by atoms with E-state index in [1.54, 1.807) is 4.90 Å². The maximum Gasteiger partial charge on any atom is 0.320 e. The average Bonchev–Trinajstić information content (AvgIpc) is 2.73. The van der Waals surface area contributed by atoms with Crippen LogP contribution < -0.4 is 0 Å². The Morgan fingerprint density at radius 3 is 2.45 bits per heavy atom. The van der Waals surface area contributed by atoms with Crippen molar-refractivity contribution < 1.29 is 19.8 Å². The Hall–Kier alpha value is -1.30. The third-order valence-corrected chi connectivity index (χ3v) is 4.52. The molecule has 1 aliphatic heterocycles. The van der Waals surface area contributed by atoms with E-state index in [0.717, 1.165) is 19.3 Å². The molecule has 2 rings (SSSR count). The summed E-state index contributed by atoms with van der Waals surface area (Å²) in [6.07, 6.45) is 3.75. The van der Waals surface area contributed by atoms with Crippen LogP contribution in [0, 0.1) is 11.8 Å². The number of hydrogen-bond acceptors (Lipinski definition) is 3. The normalized spacial score (nSPS) is 26.4. The summed E-state index contributed by atoms with van der Waals surface area (Å²) in [7, 11) is 0. The van der Waals surface area contributed by atoms with Gasteiger partial charge in [-0.1, -0.05) is 6.92 Å². The van der Waals surface area contributed by atoms with Crippen molar-refractivity contribution in [3.8, 4) is 0 Å². The predicted molar refractivity (Wildman–Crippen MR) is 73.3 cm³/mol. The van der Waals surface area contributed by atoms with Crippen molar-refractivity contribution in [1.29, 1.82) is 0 Å². The molecule has 114 valence electrons. The first-order valence-corrected chi connectivity index (χ1v) is 7.43. The van der Waals surface area contributed by atoms with Crippen LogP contribution in [0.5, 0.6) is 0 Å². The molecule has 6 heteroatoms. The molecule has 0 radical (unpaired) electrons. The lowest BCUT2D eigenvalue weighted by molar-refractivity contribution is -0.142. The number of carbonyl (C=O) groups excluding carboxylic acids is 1. The fourth-order valence-corrected chi connectivity index (χ4v) is 3.00. The molecule has 2 atom stereocenters. The summed E-state index contributed by atoms with van der Waals surface area (Å²) in [6.45, 7) is 3.33. The van der Waals surface area contributed by atoms with Crippen LogP contribution in [0.3, 0.4) is 0 Å². The number of carbonyl (C=O) groups is 2. The van der Waals surface area contributed by atoms with Crippen molar-refractivity contribution in [2.24, 2.45) is 11.8 Å². The standard InChI is InChI=1S/C14H24N2O4/c1-10-8-15(9-12(10)13(18)19)14(20)16(6-3-7-17)11-4-2-5-11/h10-12,17H,2-9H2,1H3,(H,18,19). The zero-order chi connectivity index (χ0) is 14.7. The van der Waals surface area contributed by atoms with Gasteiger partial charge in [0.1, 0.15) is 0 Å². The SMILES string of the molecule is CC1CN(C(=O)N(CCCO)C2CCC2)CC1C(=O)O. The quantitative estimate of drug-likeness (QED) is 0.789. The van der Waals surface area contributed by atoms with Crippen LogP contribution >= 0.6 is 0 Å². The van der Waals surface area contributed by atoms with Crippen LogP contribution in [-0.4, -0.2) is 64.3 Å². The number of nitrogens with zero attached hydrogens (tertiary/aromatic N) is 2. The van der Waals surface area contributed by atoms with Gasteiger partial charge in [0.05, 0.1) is 5.92 Å². The van der Waals surface area contributed by atoms with Gasteiger partial charge in [0.15, 0.2) is 0 Å². The Labute approximate surface area is 119 Å². The zero-order valence-corrected chi connectivity index (χ0v) is 12.0. The number of urea groups is 1. The predicted octanol–water partition coefficient (Wildman–Crippen LogP) is 0.996. The molecule has 20 heavy (non-hydrogen) atoms. The molecule has 1 saturated carbocycles. The van der Waals surface area contributed by atoms with Crippen LogP contribution in [0.1, 0.15) is 32.6 Å². The summed E-state index contributed by atoms with van der Waals surface area (Å²) in [6, 6.07) is 0.215. The first-order chi connectivity index (χ1) is 9.54. The van der Waals surface area contributed by atoms with E-state index in [-0.39, 0.29) is 24.6 Å². The zero-order valence-electron chi connectivity index (χ0n) is 12.0. The van der Waals surface area contributed by atoms with Gasteiger partial charge < -0.3 is 20.0 Å². The van der Waals surface area contributed by atoms with Gasteiger partial charge in [0, 0.05) is 32.3 Å². The second-order valence-electron chi connectivity index (χ2n) is 5.96. The van der Waals surface area contributed by atoms with Gasteiger partial charge in [-0.25, -0.2) is 4.79 Å². The monoisotopic (exact) mass is 284 g/mol. The van der Waals surface area contributed by atoms with E-state index < -0.39 is 11.9 Å². The fourth-order valence-electron chi connectivity index (χ4n) is 3.00. The maximum absolute atomic E-state index is 12.6. The van der Waals surface area contributed by atoms with E-state index in [1.807, 2.05) is 11.8 Å². The Kier molecular flexibility index (Phi) is 4.86. The molecule has 2 unspecified atom stereocenters. The smallest absolute Gasteiger partial charge is 0.320 e. The third-order valence-electron chi connectivity index (χ3n) is 4.52. The lowest BCUT2D eigenvalue weighted by atomic mass is 9.91. The van der Waals surface area contributed by atoms with E-state index in [9.17, 15) is 9.59 Å². The van der Waals surface area contributed by atoms with Gasteiger partial charge in [0.25, 0.3) is 0 Å². The summed E-state index contributed by atoms with van der Waals surface area (Å²) in [5, 5.41) is 18.1. The third kappa shape index (κ3) is 3.06. The average molecular weight is 284 g/mol. The number of aliphatic carboxylic acids is 1. The molecule has 1 aliphatic carbocycles. The van der Waals surface area contributed by atoms with Gasteiger partial charge in [-0.2, -0.15) is 0 Å². The van der Waals surface area contributed by atoms with E-state index in [1.165, 1.54) is 0 Å². The lowest BCUT2D eigenvalue weighted by Gasteiger charge is -2.39. The van der Waals surface area contributed by atoms with Crippen LogP contribution in [0.2, 0.25) is 0 Å². The Balaban J connectivity index is 1.98. The van der Waals surface area contributed by atoms with Crippen molar-refractivity contribution in [2.45, 2.75) is 38.6 Å². The minimum atomic E-state index is -0.821. The number of aliphatic hydroxyl groups is 1. The number of carboxylic acids is 1. The second kappa shape index (κ2) is 6.43. The van der Waals surface area contributed by atoms with E-state index in [4.69, 9.17) is 10.2 Å². The van der Waals surface area contributed by atoms with Crippen molar-refractivity contribution >= 4 is 12.0 Å². The molecule has 2 amide bonds. The largest absolute Gasteiger partial charge is 0.481 e. The van der Waals surface area contributed by atoms with Gasteiger partial charge in [-0.15, -0.1) is 0 Å². The molecule has 1 heterocycles. The van der Waals surface area contributed by atoms with Crippen molar-refractivity contribution in [3.63, 3.8) is 0 Å². The summed E-state index contributed by atoms with van der Waals surface area (Å²) < 4.78 is 0. The minimum absolute atomic E-state index is 0.00228. The van der Waals surface area contributed by atoms with Gasteiger partial charge in [-0.05, 0) is 31.6 Å². The minimum Gasteiger partial charge on any atom is -0.481 e. The maximum atomic E-state index is 12.6. The van der Waals surface area contributed by atoms with Crippen LogP contribution in [0.4, 0.5) is 4.79 Å². The van der Waals surface area contributed by atoms with Gasteiger partial charge in [0.2, 0.25) is 0 Å². The van der Waals surface area contributed by atoms with Crippen molar-refractivity contribution in [3.05, 3.63) is 0 Å². The van der Waals surface area contributed by atoms with E-state index in [0.29, 0.717) is 26.1 Å². The molecule has 0 aromatic rings. The Bertz CT molecular complexity index is 370. The highest BCUT2D eigenvalue weighted by molar-refractivity contribution is 5.78. The van der Waals surface area contributed by atoms with Gasteiger partial charge in [-0.3, -0.25) is 4.79 Å². The van der Waals surface area contributed by atoms with Crippen LogP contribution in [0.15, 0.2) is 0 Å². The number of amides is 2. The Morgan fingerprint density at radius 2 is 2.00 bits per heavy atom. The molecule has 2 N–H and O–H groups in total. The van der Waals surface area contributed by atoms with Crippen molar-refractivity contribution in [1.82, 2.24) is 9.80 Å². The van der Waals surface area contributed by atoms with Gasteiger partial charge >= 0.3 is 12.0 Å². The highest BCUT2D eigenvalue weighted by Crippen LogP contribution is 2.29.